The fraction of sp³-hybridized carbons (Fsp3) is 0.182. The molecule has 0 aliphatic carbocycles. The van der Waals surface area contributed by atoms with Crippen LogP contribution in [0.2, 0.25) is 0 Å². The number of amides is 1. The summed E-state index contributed by atoms with van der Waals surface area (Å²) in [5, 5.41) is 24.2. The fourth-order valence-corrected chi connectivity index (χ4v) is 2.01. The number of primary sulfonamides is 1. The highest BCUT2D eigenvalue weighted by molar-refractivity contribution is 7.89. The van der Waals surface area contributed by atoms with Crippen molar-refractivity contribution in [3.05, 3.63) is 23.8 Å². The monoisotopic (exact) mass is 313 g/mol. The van der Waals surface area contributed by atoms with Gasteiger partial charge in [0, 0.05) is 0 Å². The Morgan fingerprint density at radius 1 is 1.43 bits per heavy atom. The molecular weight excluding hydrogens is 302 g/mol. The van der Waals surface area contributed by atoms with Gasteiger partial charge >= 0.3 is 5.97 Å². The van der Waals surface area contributed by atoms with E-state index in [0.717, 1.165) is 18.2 Å². The maximum Gasteiger partial charge on any atom is 0.335 e. The number of hydrogen-bond acceptors (Lipinski definition) is 6. The number of nitrogens with two attached hydrogens (primary N) is 1. The zero-order valence-corrected chi connectivity index (χ0v) is 11.4. The molecule has 0 aliphatic heterocycles. The molecule has 9 nitrogen and oxygen atoms in total. The minimum Gasteiger partial charge on any atom is -0.482 e. The highest BCUT2D eigenvalue weighted by Crippen LogP contribution is 2.24. The Balaban J connectivity index is 3.00. The average molecular weight is 313 g/mol. The number of carboxylic acid groups (broad SMARTS) is 1. The van der Waals surface area contributed by atoms with Crippen molar-refractivity contribution in [1.82, 2.24) is 5.32 Å². The first-order chi connectivity index (χ1) is 9.75. The van der Waals surface area contributed by atoms with E-state index in [1.807, 2.05) is 0 Å². The maximum atomic E-state index is 11.4. The Kier molecular flexibility index (Phi) is 5.23. The van der Waals surface area contributed by atoms with Crippen LogP contribution in [0.5, 0.6) is 5.75 Å². The van der Waals surface area contributed by atoms with Gasteiger partial charge in [0.05, 0.1) is 11.6 Å². The van der Waals surface area contributed by atoms with Gasteiger partial charge in [-0.25, -0.2) is 18.4 Å². The Bertz CT molecular complexity index is 707. The normalized spacial score (nSPS) is 10.5. The number of sulfonamides is 1. The summed E-state index contributed by atoms with van der Waals surface area (Å²) in [6.07, 6.45) is 0. The molecule has 1 rings (SSSR count). The molecule has 0 aliphatic rings. The number of carbonyl (C=O) groups is 2. The second kappa shape index (κ2) is 6.69. The third-order valence-corrected chi connectivity index (χ3v) is 3.15. The molecule has 0 saturated heterocycles. The van der Waals surface area contributed by atoms with Crippen molar-refractivity contribution in [2.24, 2.45) is 5.14 Å². The van der Waals surface area contributed by atoms with Gasteiger partial charge in [-0.3, -0.25) is 4.79 Å². The summed E-state index contributed by atoms with van der Waals surface area (Å²) in [7, 11) is -4.23. The van der Waals surface area contributed by atoms with Gasteiger partial charge in [-0.1, -0.05) is 0 Å². The summed E-state index contributed by atoms with van der Waals surface area (Å²) in [4.78, 5) is 21.5. The molecule has 0 fully saturated rings. The van der Waals surface area contributed by atoms with Crippen molar-refractivity contribution in [2.75, 3.05) is 13.2 Å². The zero-order chi connectivity index (χ0) is 16.0. The number of carbonyl (C=O) groups excluding carboxylic acids is 1. The molecule has 1 aromatic carbocycles. The van der Waals surface area contributed by atoms with Crippen LogP contribution in [-0.4, -0.2) is 38.6 Å². The molecule has 0 atom stereocenters. The molecule has 0 radical (unpaired) electrons. The van der Waals surface area contributed by atoms with Crippen LogP contribution in [0.25, 0.3) is 0 Å². The van der Waals surface area contributed by atoms with E-state index in [4.69, 9.17) is 20.2 Å². The van der Waals surface area contributed by atoms with Gasteiger partial charge in [0.2, 0.25) is 10.0 Å². The van der Waals surface area contributed by atoms with E-state index in [-0.39, 0.29) is 17.9 Å². The SMILES string of the molecule is N#CCNC(=O)COc1ccc(C(=O)O)cc1S(N)(=O)=O. The third-order valence-electron chi connectivity index (χ3n) is 2.22. The molecular formula is C11H11N3O6S. The molecule has 112 valence electrons. The van der Waals surface area contributed by atoms with Crippen molar-refractivity contribution < 1.29 is 27.9 Å². The van der Waals surface area contributed by atoms with E-state index in [0.29, 0.717) is 0 Å². The van der Waals surface area contributed by atoms with Crippen LogP contribution < -0.4 is 15.2 Å². The Morgan fingerprint density at radius 3 is 2.62 bits per heavy atom. The van der Waals surface area contributed by atoms with Crippen molar-refractivity contribution >= 4 is 21.9 Å². The van der Waals surface area contributed by atoms with Crippen molar-refractivity contribution in [1.29, 1.82) is 5.26 Å². The van der Waals surface area contributed by atoms with Crippen molar-refractivity contribution in [2.45, 2.75) is 4.90 Å². The number of nitriles is 1. The standard InChI is InChI=1S/C11H11N3O6S/c12-3-4-14-10(15)6-20-8-2-1-7(11(16)17)5-9(8)21(13,18)19/h1-2,5H,4,6H2,(H,14,15)(H,16,17)(H2,13,18,19). The Hall–Kier alpha value is -2.64. The lowest BCUT2D eigenvalue weighted by molar-refractivity contribution is -0.122. The van der Waals surface area contributed by atoms with Gasteiger partial charge in [0.25, 0.3) is 5.91 Å². The first-order valence-electron chi connectivity index (χ1n) is 5.42. The van der Waals surface area contributed by atoms with Gasteiger partial charge in [0.1, 0.15) is 17.2 Å². The van der Waals surface area contributed by atoms with E-state index in [1.54, 1.807) is 6.07 Å². The molecule has 0 saturated carbocycles. The fourth-order valence-electron chi connectivity index (χ4n) is 1.32. The lowest BCUT2D eigenvalue weighted by Crippen LogP contribution is -2.29. The van der Waals surface area contributed by atoms with Crippen LogP contribution in [0.3, 0.4) is 0 Å². The lowest BCUT2D eigenvalue weighted by Gasteiger charge is -2.10. The van der Waals surface area contributed by atoms with Crippen LogP contribution in [0.15, 0.2) is 23.1 Å². The summed E-state index contributed by atoms with van der Waals surface area (Å²) in [5.41, 5.74) is -0.291. The quantitative estimate of drug-likeness (QED) is 0.571. The second-order valence-corrected chi connectivity index (χ2v) is 5.27. The number of benzene rings is 1. The molecule has 0 spiro atoms. The number of aromatic carboxylic acids is 1. The highest BCUT2D eigenvalue weighted by Gasteiger charge is 2.19. The van der Waals surface area contributed by atoms with Crippen LogP contribution >= 0.6 is 0 Å². The predicted molar refractivity (Wildman–Crippen MR) is 68.9 cm³/mol. The molecule has 10 heteroatoms. The van der Waals surface area contributed by atoms with E-state index in [1.165, 1.54) is 0 Å². The number of nitrogens with zero attached hydrogens (tertiary/aromatic N) is 1. The van der Waals surface area contributed by atoms with E-state index in [2.05, 4.69) is 5.32 Å². The molecule has 0 aromatic heterocycles. The number of nitrogens with one attached hydrogen (secondary N) is 1. The van der Waals surface area contributed by atoms with E-state index < -0.39 is 33.4 Å². The van der Waals surface area contributed by atoms with Gasteiger partial charge in [-0.05, 0) is 18.2 Å². The molecule has 0 heterocycles. The molecule has 0 bridgehead atoms. The molecule has 21 heavy (non-hydrogen) atoms. The summed E-state index contributed by atoms with van der Waals surface area (Å²) in [6.45, 7) is -0.765. The first-order valence-corrected chi connectivity index (χ1v) is 6.97. The molecule has 0 unspecified atom stereocenters. The molecule has 1 amide bonds. The molecule has 4 N–H and O–H groups in total. The van der Waals surface area contributed by atoms with Crippen LogP contribution in [0, 0.1) is 11.3 Å². The third kappa shape index (κ3) is 4.75. The number of hydrogen-bond donors (Lipinski definition) is 3. The number of rotatable bonds is 6. The predicted octanol–water partition coefficient (Wildman–Crippen LogP) is -0.949. The summed E-state index contributed by atoms with van der Waals surface area (Å²) in [5.74, 6) is -2.23. The van der Waals surface area contributed by atoms with Crippen molar-refractivity contribution in [3.63, 3.8) is 0 Å². The molecule has 1 aromatic rings. The van der Waals surface area contributed by atoms with Gasteiger partial charge in [-0.15, -0.1) is 0 Å². The van der Waals surface area contributed by atoms with Crippen LogP contribution in [-0.2, 0) is 14.8 Å². The van der Waals surface area contributed by atoms with E-state index in [9.17, 15) is 18.0 Å². The summed E-state index contributed by atoms with van der Waals surface area (Å²) in [6, 6.07) is 4.71. The minimum absolute atomic E-state index is 0.220. The minimum atomic E-state index is -4.23. The van der Waals surface area contributed by atoms with Crippen LogP contribution in [0.1, 0.15) is 10.4 Å². The van der Waals surface area contributed by atoms with Crippen LogP contribution in [0.4, 0.5) is 0 Å². The maximum absolute atomic E-state index is 11.4. The number of ether oxygens (including phenoxy) is 1. The topological polar surface area (TPSA) is 160 Å². The second-order valence-electron chi connectivity index (χ2n) is 3.74. The van der Waals surface area contributed by atoms with Crippen molar-refractivity contribution in [3.8, 4) is 11.8 Å². The summed E-state index contributed by atoms with van der Waals surface area (Å²) < 4.78 is 27.8. The van der Waals surface area contributed by atoms with E-state index >= 15 is 0 Å². The zero-order valence-electron chi connectivity index (χ0n) is 10.6. The van der Waals surface area contributed by atoms with Gasteiger partial charge in [0.15, 0.2) is 6.61 Å². The Morgan fingerprint density at radius 2 is 2.10 bits per heavy atom. The largest absolute Gasteiger partial charge is 0.482 e. The van der Waals surface area contributed by atoms with Gasteiger partial charge in [-0.2, -0.15) is 5.26 Å². The average Bonchev–Trinajstić information content (AvgIpc) is 2.41. The smallest absolute Gasteiger partial charge is 0.335 e. The lowest BCUT2D eigenvalue weighted by atomic mass is 10.2. The van der Waals surface area contributed by atoms with Gasteiger partial charge < -0.3 is 15.2 Å². The highest BCUT2D eigenvalue weighted by atomic mass is 32.2. The summed E-state index contributed by atoms with van der Waals surface area (Å²) >= 11 is 0. The Labute approximate surface area is 120 Å². The number of carboxylic acids is 1. The first kappa shape index (κ1) is 16.4.